The highest BCUT2D eigenvalue weighted by Crippen LogP contribution is 2.24. The minimum atomic E-state index is -4.01. The second kappa shape index (κ2) is 5.49. The van der Waals surface area contributed by atoms with Crippen LogP contribution in [0.2, 0.25) is 0 Å². The monoisotopic (exact) mass is 310 g/mol. The first-order valence-corrected chi connectivity index (χ1v) is 7.31. The highest BCUT2D eigenvalue weighted by atomic mass is 32.2. The van der Waals surface area contributed by atoms with Crippen LogP contribution in [0.5, 0.6) is 0 Å². The SMILES string of the molecule is Cc1ccc([N+](=O)[O-])cc1NS(=O)(=O)c1cccc(F)c1. The normalized spacial score (nSPS) is 11.1. The predicted molar refractivity (Wildman–Crippen MR) is 75.0 cm³/mol. The molecule has 0 aliphatic carbocycles. The van der Waals surface area contributed by atoms with Crippen LogP contribution in [-0.2, 0) is 10.0 Å². The predicted octanol–water partition coefficient (Wildman–Crippen LogP) is 2.84. The number of sulfonamides is 1. The van der Waals surface area contributed by atoms with Gasteiger partial charge < -0.3 is 0 Å². The van der Waals surface area contributed by atoms with Gasteiger partial charge in [0.15, 0.2) is 0 Å². The molecule has 0 atom stereocenters. The molecule has 110 valence electrons. The first-order chi connectivity index (χ1) is 9.79. The maximum atomic E-state index is 13.1. The van der Waals surface area contributed by atoms with Gasteiger partial charge in [-0.05, 0) is 30.7 Å². The van der Waals surface area contributed by atoms with Crippen LogP contribution in [0.3, 0.4) is 0 Å². The van der Waals surface area contributed by atoms with Crippen molar-refractivity contribution in [3.63, 3.8) is 0 Å². The number of halogens is 1. The van der Waals surface area contributed by atoms with Crippen LogP contribution in [-0.4, -0.2) is 13.3 Å². The lowest BCUT2D eigenvalue weighted by molar-refractivity contribution is -0.384. The van der Waals surface area contributed by atoms with E-state index in [0.717, 1.165) is 18.2 Å². The van der Waals surface area contributed by atoms with Crippen molar-refractivity contribution in [2.75, 3.05) is 4.72 Å². The maximum Gasteiger partial charge on any atom is 0.271 e. The summed E-state index contributed by atoms with van der Waals surface area (Å²) in [5.74, 6) is -0.686. The van der Waals surface area contributed by atoms with Gasteiger partial charge in [-0.2, -0.15) is 0 Å². The average Bonchev–Trinajstić information content (AvgIpc) is 2.41. The zero-order valence-electron chi connectivity index (χ0n) is 10.9. The molecule has 1 N–H and O–H groups in total. The number of anilines is 1. The van der Waals surface area contributed by atoms with Gasteiger partial charge in [-0.3, -0.25) is 14.8 Å². The fourth-order valence-electron chi connectivity index (χ4n) is 1.67. The molecule has 0 aliphatic rings. The lowest BCUT2D eigenvalue weighted by atomic mass is 10.2. The van der Waals surface area contributed by atoms with Gasteiger partial charge in [-0.15, -0.1) is 0 Å². The van der Waals surface area contributed by atoms with Crippen LogP contribution in [0, 0.1) is 22.9 Å². The minimum Gasteiger partial charge on any atom is -0.279 e. The minimum absolute atomic E-state index is 0.0773. The fourth-order valence-corrected chi connectivity index (χ4v) is 2.82. The number of nitrogens with zero attached hydrogens (tertiary/aromatic N) is 1. The molecule has 2 rings (SSSR count). The van der Waals surface area contributed by atoms with E-state index in [1.807, 2.05) is 0 Å². The molecule has 0 aliphatic heterocycles. The molecule has 0 saturated heterocycles. The molecule has 0 fully saturated rings. The van der Waals surface area contributed by atoms with Gasteiger partial charge in [-0.1, -0.05) is 12.1 Å². The maximum absolute atomic E-state index is 13.1. The second-order valence-corrected chi connectivity index (χ2v) is 6.00. The molecule has 0 spiro atoms. The topological polar surface area (TPSA) is 89.3 Å². The molecule has 0 bridgehead atoms. The van der Waals surface area contributed by atoms with E-state index in [0.29, 0.717) is 5.56 Å². The van der Waals surface area contributed by atoms with Crippen molar-refractivity contribution in [1.29, 1.82) is 0 Å². The van der Waals surface area contributed by atoms with Gasteiger partial charge in [0.1, 0.15) is 5.82 Å². The third-order valence-corrected chi connectivity index (χ3v) is 4.15. The first kappa shape index (κ1) is 14.9. The Labute approximate surface area is 120 Å². The van der Waals surface area contributed by atoms with Gasteiger partial charge >= 0.3 is 0 Å². The highest BCUT2D eigenvalue weighted by Gasteiger charge is 2.17. The quantitative estimate of drug-likeness (QED) is 0.694. The van der Waals surface area contributed by atoms with Crippen molar-refractivity contribution >= 4 is 21.4 Å². The van der Waals surface area contributed by atoms with Gasteiger partial charge in [0, 0.05) is 12.1 Å². The summed E-state index contributed by atoms with van der Waals surface area (Å²) >= 11 is 0. The summed E-state index contributed by atoms with van der Waals surface area (Å²) < 4.78 is 39.6. The molecular weight excluding hydrogens is 299 g/mol. The van der Waals surface area contributed by atoms with Crippen molar-refractivity contribution in [3.8, 4) is 0 Å². The number of aryl methyl sites for hydroxylation is 1. The molecule has 0 heterocycles. The lowest BCUT2D eigenvalue weighted by Gasteiger charge is -2.10. The van der Waals surface area contributed by atoms with E-state index in [-0.39, 0.29) is 16.3 Å². The number of nitro benzene ring substituents is 1. The van der Waals surface area contributed by atoms with Gasteiger partial charge in [-0.25, -0.2) is 12.8 Å². The number of benzene rings is 2. The smallest absolute Gasteiger partial charge is 0.271 e. The molecule has 0 radical (unpaired) electrons. The van der Waals surface area contributed by atoms with Crippen LogP contribution in [0.25, 0.3) is 0 Å². The summed E-state index contributed by atoms with van der Waals surface area (Å²) in [4.78, 5) is 9.84. The van der Waals surface area contributed by atoms with Gasteiger partial charge in [0.25, 0.3) is 15.7 Å². The van der Waals surface area contributed by atoms with E-state index in [4.69, 9.17) is 0 Å². The Morgan fingerprint density at radius 1 is 1.19 bits per heavy atom. The number of hydrogen-bond donors (Lipinski definition) is 1. The summed E-state index contributed by atoms with van der Waals surface area (Å²) in [6, 6.07) is 8.32. The number of non-ortho nitro benzene ring substituents is 1. The molecule has 2 aromatic rings. The average molecular weight is 310 g/mol. The van der Waals surface area contributed by atoms with Gasteiger partial charge in [0.2, 0.25) is 0 Å². The molecule has 0 amide bonds. The van der Waals surface area contributed by atoms with Crippen molar-refractivity contribution in [3.05, 3.63) is 64.0 Å². The number of nitrogens with one attached hydrogen (secondary N) is 1. The van der Waals surface area contributed by atoms with Crippen LogP contribution in [0.15, 0.2) is 47.4 Å². The largest absolute Gasteiger partial charge is 0.279 e. The molecule has 0 aromatic heterocycles. The third-order valence-electron chi connectivity index (χ3n) is 2.78. The molecule has 21 heavy (non-hydrogen) atoms. The summed E-state index contributed by atoms with van der Waals surface area (Å²) in [7, 11) is -4.01. The van der Waals surface area contributed by atoms with Gasteiger partial charge in [0.05, 0.1) is 15.5 Å². The standard InChI is InChI=1S/C13H11FN2O4S/c1-9-5-6-11(16(17)18)8-13(9)15-21(19,20)12-4-2-3-10(14)7-12/h2-8,15H,1H3. The molecule has 2 aromatic carbocycles. The van der Waals surface area contributed by atoms with Crippen LogP contribution >= 0.6 is 0 Å². The van der Waals surface area contributed by atoms with Crippen molar-refractivity contribution in [2.24, 2.45) is 0 Å². The van der Waals surface area contributed by atoms with Crippen LogP contribution < -0.4 is 4.72 Å². The van der Waals surface area contributed by atoms with E-state index in [1.54, 1.807) is 6.92 Å². The Balaban J connectivity index is 2.41. The second-order valence-electron chi connectivity index (χ2n) is 4.32. The summed E-state index contributed by atoms with van der Waals surface area (Å²) in [5, 5.41) is 10.7. The Hall–Kier alpha value is -2.48. The molecule has 0 saturated carbocycles. The summed E-state index contributed by atoms with van der Waals surface area (Å²) in [6.07, 6.45) is 0. The zero-order valence-corrected chi connectivity index (χ0v) is 11.7. The highest BCUT2D eigenvalue weighted by molar-refractivity contribution is 7.92. The van der Waals surface area contributed by atoms with E-state index >= 15 is 0 Å². The van der Waals surface area contributed by atoms with Crippen LogP contribution in [0.4, 0.5) is 15.8 Å². The number of nitro groups is 1. The number of hydrogen-bond acceptors (Lipinski definition) is 4. The van der Waals surface area contributed by atoms with E-state index in [2.05, 4.69) is 4.72 Å². The molecule has 6 nitrogen and oxygen atoms in total. The Morgan fingerprint density at radius 2 is 1.90 bits per heavy atom. The van der Waals surface area contributed by atoms with Crippen molar-refractivity contribution in [2.45, 2.75) is 11.8 Å². The zero-order chi connectivity index (χ0) is 15.6. The Bertz CT molecular complexity index is 806. The van der Waals surface area contributed by atoms with Crippen LogP contribution in [0.1, 0.15) is 5.56 Å². The van der Waals surface area contributed by atoms with E-state index in [1.165, 1.54) is 24.3 Å². The summed E-state index contributed by atoms with van der Waals surface area (Å²) in [6.45, 7) is 1.60. The third kappa shape index (κ3) is 3.34. The fraction of sp³-hybridized carbons (Fsp3) is 0.0769. The molecule has 0 unspecified atom stereocenters. The first-order valence-electron chi connectivity index (χ1n) is 5.83. The molecule has 8 heteroatoms. The number of rotatable bonds is 4. The van der Waals surface area contributed by atoms with Crippen molar-refractivity contribution < 1.29 is 17.7 Å². The Morgan fingerprint density at radius 3 is 2.52 bits per heavy atom. The molecular formula is C13H11FN2O4S. The lowest BCUT2D eigenvalue weighted by Crippen LogP contribution is -2.14. The summed E-state index contributed by atoms with van der Waals surface area (Å²) in [5.41, 5.74) is 0.353. The van der Waals surface area contributed by atoms with Crippen molar-refractivity contribution in [1.82, 2.24) is 0 Å². The Kier molecular flexibility index (Phi) is 3.90. The van der Waals surface area contributed by atoms with E-state index < -0.39 is 20.8 Å². The van der Waals surface area contributed by atoms with E-state index in [9.17, 15) is 22.9 Å².